The number of piperidine rings is 1. The van der Waals surface area contributed by atoms with Crippen LogP contribution in [0.15, 0.2) is 10.7 Å². The van der Waals surface area contributed by atoms with E-state index in [-0.39, 0.29) is 0 Å². The molecule has 2 N–H and O–H groups in total. The molecule has 100 valence electrons. The lowest BCUT2D eigenvalue weighted by atomic mass is 9.94. The Bertz CT molecular complexity index is 411. The van der Waals surface area contributed by atoms with Crippen molar-refractivity contribution in [2.75, 3.05) is 37.8 Å². The second kappa shape index (κ2) is 5.84. The summed E-state index contributed by atoms with van der Waals surface area (Å²) in [5, 5.41) is 6.49. The van der Waals surface area contributed by atoms with Crippen LogP contribution in [-0.2, 0) is 0 Å². The number of nitrogens with one attached hydrogen (secondary N) is 2. The Morgan fingerprint density at radius 2 is 2.28 bits per heavy atom. The van der Waals surface area contributed by atoms with Gasteiger partial charge in [-0.1, -0.05) is 6.92 Å². The number of nitrogens with zero attached hydrogens (tertiary/aromatic N) is 3. The fraction of sp³-hybridized carbons (Fsp3) is 0.667. The normalized spacial score (nSPS) is 24.9. The smallest absolute Gasteiger partial charge is 0.224 e. The molecule has 2 atom stereocenters. The summed E-state index contributed by atoms with van der Waals surface area (Å²) >= 11 is 3.49. The van der Waals surface area contributed by atoms with Crippen molar-refractivity contribution in [3.8, 4) is 0 Å². The minimum absolute atomic E-state index is 0.470. The van der Waals surface area contributed by atoms with Gasteiger partial charge in [0.05, 0.1) is 4.47 Å². The van der Waals surface area contributed by atoms with Gasteiger partial charge in [-0.15, -0.1) is 0 Å². The van der Waals surface area contributed by atoms with E-state index in [1.54, 1.807) is 6.20 Å². The van der Waals surface area contributed by atoms with Gasteiger partial charge in [0, 0.05) is 25.8 Å². The lowest BCUT2D eigenvalue weighted by Crippen LogP contribution is -2.43. The van der Waals surface area contributed by atoms with E-state index in [2.05, 4.69) is 55.4 Å². The van der Waals surface area contributed by atoms with Crippen LogP contribution in [0.25, 0.3) is 0 Å². The maximum Gasteiger partial charge on any atom is 0.224 e. The average molecular weight is 314 g/mol. The molecule has 0 aliphatic carbocycles. The predicted octanol–water partition coefficient (Wildman–Crippen LogP) is 2.03. The molecule has 0 bridgehead atoms. The molecule has 0 spiro atoms. The van der Waals surface area contributed by atoms with Crippen molar-refractivity contribution >= 4 is 27.7 Å². The van der Waals surface area contributed by atoms with Gasteiger partial charge in [-0.25, -0.2) is 4.98 Å². The van der Waals surface area contributed by atoms with Crippen LogP contribution in [0.1, 0.15) is 13.3 Å². The third kappa shape index (κ3) is 3.11. The summed E-state index contributed by atoms with van der Waals surface area (Å²) < 4.78 is 0.910. The highest BCUT2D eigenvalue weighted by Crippen LogP contribution is 2.25. The molecule has 1 aromatic heterocycles. The van der Waals surface area contributed by atoms with Crippen molar-refractivity contribution in [2.24, 2.45) is 5.92 Å². The van der Waals surface area contributed by atoms with Crippen molar-refractivity contribution in [1.82, 2.24) is 14.9 Å². The highest BCUT2D eigenvalue weighted by Gasteiger charge is 2.24. The van der Waals surface area contributed by atoms with E-state index in [9.17, 15) is 0 Å². The van der Waals surface area contributed by atoms with E-state index >= 15 is 0 Å². The Morgan fingerprint density at radius 3 is 2.94 bits per heavy atom. The number of likely N-dealkylation sites (tertiary alicyclic amines) is 1. The Morgan fingerprint density at radius 1 is 1.50 bits per heavy atom. The molecular formula is C12H20BrN5. The minimum atomic E-state index is 0.470. The van der Waals surface area contributed by atoms with Gasteiger partial charge in [0.15, 0.2) is 0 Å². The second-order valence-corrected chi connectivity index (χ2v) is 5.77. The van der Waals surface area contributed by atoms with Gasteiger partial charge in [-0.05, 0) is 41.9 Å². The molecule has 1 fully saturated rings. The summed E-state index contributed by atoms with van der Waals surface area (Å²) in [4.78, 5) is 11.0. The first-order chi connectivity index (χ1) is 8.60. The van der Waals surface area contributed by atoms with Crippen molar-refractivity contribution in [3.05, 3.63) is 10.7 Å². The molecule has 1 saturated heterocycles. The fourth-order valence-electron chi connectivity index (χ4n) is 2.33. The van der Waals surface area contributed by atoms with E-state index in [0.29, 0.717) is 17.9 Å². The zero-order chi connectivity index (χ0) is 13.1. The minimum Gasteiger partial charge on any atom is -0.366 e. The standard InChI is InChI=1S/C12H20BrN5/c1-8-7-18(3)5-4-10(8)16-11-9(13)6-15-12(14-2)17-11/h6,8,10H,4-5,7H2,1-3H3,(H2,14,15,16,17). The number of hydrogen-bond donors (Lipinski definition) is 2. The monoisotopic (exact) mass is 313 g/mol. The molecule has 0 aromatic carbocycles. The third-order valence-corrected chi connectivity index (χ3v) is 3.98. The fourth-order valence-corrected chi connectivity index (χ4v) is 2.64. The summed E-state index contributed by atoms with van der Waals surface area (Å²) in [5.41, 5.74) is 0. The maximum atomic E-state index is 4.44. The Kier molecular flexibility index (Phi) is 4.40. The molecule has 2 unspecified atom stereocenters. The molecule has 0 radical (unpaired) electrons. The molecule has 2 heterocycles. The van der Waals surface area contributed by atoms with E-state index in [4.69, 9.17) is 0 Å². The van der Waals surface area contributed by atoms with Crippen LogP contribution < -0.4 is 10.6 Å². The SMILES string of the molecule is CNc1ncc(Br)c(NC2CCN(C)CC2C)n1. The van der Waals surface area contributed by atoms with Crippen LogP contribution in [0.4, 0.5) is 11.8 Å². The number of aromatic nitrogens is 2. The highest BCUT2D eigenvalue weighted by atomic mass is 79.9. The zero-order valence-corrected chi connectivity index (χ0v) is 12.7. The van der Waals surface area contributed by atoms with Crippen molar-refractivity contribution < 1.29 is 0 Å². The van der Waals surface area contributed by atoms with Crippen molar-refractivity contribution in [1.29, 1.82) is 0 Å². The van der Waals surface area contributed by atoms with Crippen LogP contribution in [0.3, 0.4) is 0 Å². The van der Waals surface area contributed by atoms with Crippen molar-refractivity contribution in [3.63, 3.8) is 0 Å². The highest BCUT2D eigenvalue weighted by molar-refractivity contribution is 9.10. The number of anilines is 2. The third-order valence-electron chi connectivity index (χ3n) is 3.40. The van der Waals surface area contributed by atoms with Crippen LogP contribution in [0, 0.1) is 5.92 Å². The van der Waals surface area contributed by atoms with Crippen LogP contribution >= 0.6 is 15.9 Å². The zero-order valence-electron chi connectivity index (χ0n) is 11.1. The number of rotatable bonds is 3. The van der Waals surface area contributed by atoms with Crippen molar-refractivity contribution in [2.45, 2.75) is 19.4 Å². The summed E-state index contributed by atoms with van der Waals surface area (Å²) in [6, 6.07) is 0.470. The summed E-state index contributed by atoms with van der Waals surface area (Å²) in [7, 11) is 4.00. The molecule has 6 heteroatoms. The van der Waals surface area contributed by atoms with Gasteiger partial charge < -0.3 is 15.5 Å². The molecule has 0 amide bonds. The van der Waals surface area contributed by atoms with E-state index < -0.39 is 0 Å². The van der Waals surface area contributed by atoms with Gasteiger partial charge >= 0.3 is 0 Å². The van der Waals surface area contributed by atoms with Crippen LogP contribution in [0.2, 0.25) is 0 Å². The van der Waals surface area contributed by atoms with Gasteiger partial charge in [-0.3, -0.25) is 0 Å². The second-order valence-electron chi connectivity index (χ2n) is 4.92. The predicted molar refractivity (Wildman–Crippen MR) is 78.0 cm³/mol. The van der Waals surface area contributed by atoms with E-state index in [0.717, 1.165) is 29.8 Å². The molecule has 1 aliphatic rings. The van der Waals surface area contributed by atoms with Gasteiger partial charge in [0.1, 0.15) is 5.82 Å². The Hall–Kier alpha value is -0.880. The molecule has 0 saturated carbocycles. The quantitative estimate of drug-likeness (QED) is 0.894. The first-order valence-corrected chi connectivity index (χ1v) is 7.05. The number of halogens is 1. The Balaban J connectivity index is 2.08. The molecule has 5 nitrogen and oxygen atoms in total. The van der Waals surface area contributed by atoms with Gasteiger partial charge in [0.2, 0.25) is 5.95 Å². The average Bonchev–Trinajstić information content (AvgIpc) is 2.35. The van der Waals surface area contributed by atoms with E-state index in [1.807, 2.05) is 7.05 Å². The largest absolute Gasteiger partial charge is 0.366 e. The lowest BCUT2D eigenvalue weighted by molar-refractivity contribution is 0.206. The topological polar surface area (TPSA) is 53.1 Å². The molecule has 1 aromatic rings. The van der Waals surface area contributed by atoms with E-state index in [1.165, 1.54) is 0 Å². The molecule has 1 aliphatic heterocycles. The molecule has 2 rings (SSSR count). The van der Waals surface area contributed by atoms with Crippen LogP contribution in [0.5, 0.6) is 0 Å². The lowest BCUT2D eigenvalue weighted by Gasteiger charge is -2.35. The summed E-state index contributed by atoms with van der Waals surface area (Å²) in [5.74, 6) is 2.13. The summed E-state index contributed by atoms with van der Waals surface area (Å²) in [6.45, 7) is 4.53. The Labute approximate surface area is 117 Å². The maximum absolute atomic E-state index is 4.44. The van der Waals surface area contributed by atoms with Crippen LogP contribution in [-0.4, -0.2) is 48.1 Å². The molecule has 18 heavy (non-hydrogen) atoms. The number of hydrogen-bond acceptors (Lipinski definition) is 5. The molecular weight excluding hydrogens is 294 g/mol. The van der Waals surface area contributed by atoms with Gasteiger partial charge in [0.25, 0.3) is 0 Å². The first-order valence-electron chi connectivity index (χ1n) is 6.25. The first kappa shape index (κ1) is 13.5. The summed E-state index contributed by atoms with van der Waals surface area (Å²) in [6.07, 6.45) is 2.92. The van der Waals surface area contributed by atoms with Gasteiger partial charge in [-0.2, -0.15) is 4.98 Å².